The summed E-state index contributed by atoms with van der Waals surface area (Å²) in [5.74, 6) is 0. The first-order valence-corrected chi connectivity index (χ1v) is 3.03. The van der Waals surface area contributed by atoms with Crippen LogP contribution in [0.15, 0.2) is 30.3 Å². The fourth-order valence-electron chi connectivity index (χ4n) is 0.726. The molecule has 0 atom stereocenters. The van der Waals surface area contributed by atoms with Crippen molar-refractivity contribution in [1.29, 1.82) is 0 Å². The molecule has 56 valence electrons. The zero-order chi connectivity index (χ0) is 6.69. The van der Waals surface area contributed by atoms with E-state index in [9.17, 15) is 0 Å². The Balaban J connectivity index is 0.000000810. The van der Waals surface area contributed by atoms with Crippen molar-refractivity contribution in [3.05, 3.63) is 30.3 Å². The Morgan fingerprint density at radius 2 is 1.50 bits per heavy atom. The van der Waals surface area contributed by atoms with Crippen LogP contribution >= 0.6 is 0 Å². The van der Waals surface area contributed by atoms with Crippen LogP contribution < -0.4 is 4.90 Å². The fourth-order valence-corrected chi connectivity index (χ4v) is 0.726. The molecule has 0 radical (unpaired) electrons. The van der Waals surface area contributed by atoms with Crippen molar-refractivity contribution in [1.82, 2.24) is 0 Å². The van der Waals surface area contributed by atoms with E-state index in [-0.39, 0.29) is 5.48 Å². The number of hydrogen-bond donors (Lipinski definition) is 0. The van der Waals surface area contributed by atoms with Gasteiger partial charge in [0, 0.05) is 19.8 Å². The Labute approximate surface area is 61.4 Å². The Hall–Kier alpha value is -1.02. The quantitative estimate of drug-likeness (QED) is 0.570. The van der Waals surface area contributed by atoms with Gasteiger partial charge >= 0.3 is 0 Å². The zero-order valence-corrected chi connectivity index (χ0v) is 6.33. The Morgan fingerprint density at radius 1 is 1.00 bits per heavy atom. The van der Waals surface area contributed by atoms with Gasteiger partial charge in [-0.25, -0.2) is 0 Å². The number of hydrogen-bond acceptors (Lipinski definition) is 1. The number of anilines is 1. The van der Waals surface area contributed by atoms with E-state index in [1.54, 1.807) is 0 Å². The smallest absolute Gasteiger partial charge is 0.0360 e. The number of benzene rings is 1. The molecule has 0 unspecified atom stereocenters. The largest absolute Gasteiger partial charge is 0.412 e. The van der Waals surface area contributed by atoms with E-state index < -0.39 is 0 Å². The van der Waals surface area contributed by atoms with Crippen LogP contribution in [-0.4, -0.2) is 19.6 Å². The maximum atomic E-state index is 2.08. The van der Waals surface area contributed by atoms with Gasteiger partial charge in [-0.3, -0.25) is 0 Å². The van der Waals surface area contributed by atoms with Crippen molar-refractivity contribution in [2.45, 2.75) is 0 Å². The molecule has 2 nitrogen and oxygen atoms in total. The van der Waals surface area contributed by atoms with Crippen LogP contribution in [0, 0.1) is 0 Å². The highest BCUT2D eigenvalue weighted by molar-refractivity contribution is 5.43. The minimum Gasteiger partial charge on any atom is -0.412 e. The normalized spacial score (nSPS) is 8.20. The second-order valence-corrected chi connectivity index (χ2v) is 2.23. The van der Waals surface area contributed by atoms with E-state index in [1.165, 1.54) is 5.69 Å². The van der Waals surface area contributed by atoms with Crippen LogP contribution in [0.25, 0.3) is 0 Å². The van der Waals surface area contributed by atoms with Crippen molar-refractivity contribution in [2.24, 2.45) is 0 Å². The van der Waals surface area contributed by atoms with Gasteiger partial charge in [-0.2, -0.15) is 0 Å². The summed E-state index contributed by atoms with van der Waals surface area (Å²) >= 11 is 0. The summed E-state index contributed by atoms with van der Waals surface area (Å²) in [6.45, 7) is 0. The molecule has 0 aliphatic carbocycles. The minimum atomic E-state index is 0. The third kappa shape index (κ3) is 2.07. The van der Waals surface area contributed by atoms with Gasteiger partial charge in [0.25, 0.3) is 0 Å². The molecule has 0 heterocycles. The SMILES string of the molecule is CN(C)c1ccccc1.O. The number of nitrogens with zero attached hydrogens (tertiary/aromatic N) is 1. The maximum absolute atomic E-state index is 2.08. The molecule has 0 fully saturated rings. The highest BCUT2D eigenvalue weighted by Gasteiger charge is 1.87. The molecule has 0 amide bonds. The predicted molar refractivity (Wildman–Crippen MR) is 44.4 cm³/mol. The molecule has 0 bridgehead atoms. The maximum Gasteiger partial charge on any atom is 0.0360 e. The molecule has 0 saturated heterocycles. The summed E-state index contributed by atoms with van der Waals surface area (Å²) in [5.41, 5.74) is 1.25. The van der Waals surface area contributed by atoms with Crippen molar-refractivity contribution < 1.29 is 5.48 Å². The van der Waals surface area contributed by atoms with Gasteiger partial charge < -0.3 is 10.4 Å². The van der Waals surface area contributed by atoms with Crippen molar-refractivity contribution in [3.63, 3.8) is 0 Å². The van der Waals surface area contributed by atoms with Crippen molar-refractivity contribution >= 4 is 5.69 Å². The number of rotatable bonds is 1. The van der Waals surface area contributed by atoms with Gasteiger partial charge in [0.1, 0.15) is 0 Å². The van der Waals surface area contributed by atoms with E-state index in [4.69, 9.17) is 0 Å². The lowest BCUT2D eigenvalue weighted by molar-refractivity contribution is 0.824. The monoisotopic (exact) mass is 139 g/mol. The van der Waals surface area contributed by atoms with Gasteiger partial charge in [0.05, 0.1) is 0 Å². The van der Waals surface area contributed by atoms with E-state index in [0.717, 1.165) is 0 Å². The Bertz CT molecular complexity index is 172. The van der Waals surface area contributed by atoms with Gasteiger partial charge in [0.15, 0.2) is 0 Å². The third-order valence-electron chi connectivity index (χ3n) is 1.27. The van der Waals surface area contributed by atoms with Gasteiger partial charge in [-0.15, -0.1) is 0 Å². The first-order chi connectivity index (χ1) is 4.30. The standard InChI is InChI=1S/C8H11N.H2O/c1-9(2)8-6-4-3-5-7-8;/h3-7H,1-2H3;1H2. The van der Waals surface area contributed by atoms with Crippen LogP contribution in [0.3, 0.4) is 0 Å². The molecular formula is C8H13NO. The summed E-state index contributed by atoms with van der Waals surface area (Å²) < 4.78 is 0. The second-order valence-electron chi connectivity index (χ2n) is 2.23. The molecular weight excluding hydrogens is 126 g/mol. The van der Waals surface area contributed by atoms with E-state index in [1.807, 2.05) is 32.3 Å². The highest BCUT2D eigenvalue weighted by Crippen LogP contribution is 2.07. The lowest BCUT2D eigenvalue weighted by Gasteiger charge is -2.10. The minimum absolute atomic E-state index is 0. The molecule has 2 N–H and O–H groups in total. The summed E-state index contributed by atoms with van der Waals surface area (Å²) in [6, 6.07) is 10.3. The first kappa shape index (κ1) is 8.98. The highest BCUT2D eigenvalue weighted by atomic mass is 16.0. The van der Waals surface area contributed by atoms with E-state index >= 15 is 0 Å². The van der Waals surface area contributed by atoms with Crippen LogP contribution in [0.1, 0.15) is 0 Å². The van der Waals surface area contributed by atoms with Gasteiger partial charge in [-0.1, -0.05) is 18.2 Å². The van der Waals surface area contributed by atoms with Gasteiger partial charge in [-0.05, 0) is 12.1 Å². The molecule has 0 aliphatic heterocycles. The molecule has 1 aromatic rings. The molecule has 0 saturated carbocycles. The first-order valence-electron chi connectivity index (χ1n) is 3.03. The lowest BCUT2D eigenvalue weighted by atomic mass is 10.3. The molecule has 0 spiro atoms. The molecule has 1 aromatic carbocycles. The van der Waals surface area contributed by atoms with Crippen LogP contribution in [0.5, 0.6) is 0 Å². The topological polar surface area (TPSA) is 34.7 Å². The second kappa shape index (κ2) is 3.90. The zero-order valence-electron chi connectivity index (χ0n) is 6.33. The number of para-hydroxylation sites is 1. The van der Waals surface area contributed by atoms with Crippen LogP contribution in [0.4, 0.5) is 5.69 Å². The molecule has 0 aliphatic rings. The predicted octanol–water partition coefficient (Wildman–Crippen LogP) is 0.928. The summed E-state index contributed by atoms with van der Waals surface area (Å²) in [5, 5.41) is 0. The molecule has 1 rings (SSSR count). The summed E-state index contributed by atoms with van der Waals surface area (Å²) in [4.78, 5) is 2.08. The average Bonchev–Trinajstić information content (AvgIpc) is 1.90. The van der Waals surface area contributed by atoms with E-state index in [0.29, 0.717) is 0 Å². The Morgan fingerprint density at radius 3 is 1.80 bits per heavy atom. The lowest BCUT2D eigenvalue weighted by Crippen LogP contribution is -2.07. The van der Waals surface area contributed by atoms with Crippen molar-refractivity contribution in [3.8, 4) is 0 Å². The Kier molecular flexibility index (Phi) is 3.51. The summed E-state index contributed by atoms with van der Waals surface area (Å²) in [6.07, 6.45) is 0. The molecule has 2 heteroatoms. The van der Waals surface area contributed by atoms with Crippen LogP contribution in [-0.2, 0) is 0 Å². The average molecular weight is 139 g/mol. The van der Waals surface area contributed by atoms with Crippen molar-refractivity contribution in [2.75, 3.05) is 19.0 Å². The summed E-state index contributed by atoms with van der Waals surface area (Å²) in [7, 11) is 4.07. The molecule has 0 aromatic heterocycles. The fraction of sp³-hybridized carbons (Fsp3) is 0.250. The third-order valence-corrected chi connectivity index (χ3v) is 1.27. The van der Waals surface area contributed by atoms with Crippen LogP contribution in [0.2, 0.25) is 0 Å². The molecule has 10 heavy (non-hydrogen) atoms. The van der Waals surface area contributed by atoms with Gasteiger partial charge in [0.2, 0.25) is 0 Å². The van der Waals surface area contributed by atoms with E-state index in [2.05, 4.69) is 17.0 Å².